The lowest BCUT2D eigenvalue weighted by Crippen LogP contribution is -2.42. The van der Waals surface area contributed by atoms with Crippen molar-refractivity contribution in [3.05, 3.63) is 51.6 Å². The van der Waals surface area contributed by atoms with E-state index < -0.39 is 17.4 Å². The van der Waals surface area contributed by atoms with E-state index in [2.05, 4.69) is 20.6 Å². The van der Waals surface area contributed by atoms with E-state index >= 15 is 0 Å². The van der Waals surface area contributed by atoms with Gasteiger partial charge in [-0.05, 0) is 59.2 Å². The molecule has 0 aliphatic carbocycles. The van der Waals surface area contributed by atoms with Crippen molar-refractivity contribution in [3.8, 4) is 0 Å². The van der Waals surface area contributed by atoms with Gasteiger partial charge in [0.25, 0.3) is 11.8 Å². The van der Waals surface area contributed by atoms with Gasteiger partial charge in [0.05, 0.1) is 11.4 Å². The lowest BCUT2D eigenvalue weighted by Gasteiger charge is -2.21. The van der Waals surface area contributed by atoms with Gasteiger partial charge < -0.3 is 10.6 Å². The fraction of sp³-hybridized carbons (Fsp3) is 0.368. The summed E-state index contributed by atoms with van der Waals surface area (Å²) in [6.45, 7) is 10.9. The monoisotopic (exact) mass is 374 g/mol. The molecule has 1 heterocycles. The molecule has 2 amide bonds. The summed E-state index contributed by atoms with van der Waals surface area (Å²) in [6, 6.07) is 5.19. The van der Waals surface area contributed by atoms with Gasteiger partial charge in [-0.15, -0.1) is 0 Å². The van der Waals surface area contributed by atoms with Crippen molar-refractivity contribution in [3.63, 3.8) is 0 Å². The van der Waals surface area contributed by atoms with Crippen molar-refractivity contribution in [1.29, 1.82) is 0 Å². The van der Waals surface area contributed by atoms with Gasteiger partial charge in [-0.2, -0.15) is 0 Å². The quantitative estimate of drug-likeness (QED) is 0.854. The van der Waals surface area contributed by atoms with Crippen LogP contribution in [0.2, 0.25) is 5.02 Å². The first kappa shape index (κ1) is 19.8. The van der Waals surface area contributed by atoms with Crippen LogP contribution in [-0.4, -0.2) is 27.3 Å². The highest BCUT2D eigenvalue weighted by Gasteiger charge is 2.25. The molecular weight excluding hydrogens is 352 g/mol. The summed E-state index contributed by atoms with van der Waals surface area (Å²) >= 11 is 6.00. The molecule has 0 bridgehead atoms. The minimum atomic E-state index is -0.509. The fourth-order valence-electron chi connectivity index (χ4n) is 2.23. The molecule has 6 nitrogen and oxygen atoms in total. The number of benzene rings is 1. The summed E-state index contributed by atoms with van der Waals surface area (Å²) in [4.78, 5) is 34.0. The number of amides is 2. The number of aromatic nitrogens is 2. The Balaban J connectivity index is 2.44. The van der Waals surface area contributed by atoms with Gasteiger partial charge in [0.1, 0.15) is 0 Å². The first-order valence-corrected chi connectivity index (χ1v) is 8.61. The van der Waals surface area contributed by atoms with E-state index in [4.69, 9.17) is 11.6 Å². The maximum atomic E-state index is 12.8. The molecule has 0 spiro atoms. The van der Waals surface area contributed by atoms with Gasteiger partial charge >= 0.3 is 0 Å². The largest absolute Gasteiger partial charge is 0.346 e. The van der Waals surface area contributed by atoms with E-state index in [1.165, 1.54) is 0 Å². The second kappa shape index (κ2) is 7.41. The first-order valence-electron chi connectivity index (χ1n) is 8.23. The minimum Gasteiger partial charge on any atom is -0.346 e. The Morgan fingerprint density at radius 1 is 0.962 bits per heavy atom. The Kier molecular flexibility index (Phi) is 5.66. The molecule has 138 valence electrons. The van der Waals surface area contributed by atoms with E-state index in [1.807, 2.05) is 27.7 Å². The van der Waals surface area contributed by atoms with Crippen molar-refractivity contribution in [2.75, 3.05) is 5.32 Å². The number of rotatable bonds is 3. The number of nitrogens with zero attached hydrogens (tertiary/aromatic N) is 2. The number of hydrogen-bond acceptors (Lipinski definition) is 4. The molecule has 2 N–H and O–H groups in total. The standard InChI is InChI=1S/C19H23ClN4O2/c1-10-7-8-13(20)9-14(10)23-17(25)15-16(18(26)24-19(4,5)6)22-12(3)11(2)21-15/h7-9H,1-6H3,(H,23,25)(H,24,26). The molecule has 2 rings (SSSR count). The highest BCUT2D eigenvalue weighted by molar-refractivity contribution is 6.31. The number of aryl methyl sites for hydroxylation is 3. The molecule has 0 unspecified atom stereocenters. The Labute approximate surface area is 158 Å². The predicted octanol–water partition coefficient (Wildman–Crippen LogP) is 3.84. The third-order valence-corrected chi connectivity index (χ3v) is 3.91. The van der Waals surface area contributed by atoms with Gasteiger partial charge in [-0.3, -0.25) is 9.59 Å². The highest BCUT2D eigenvalue weighted by atomic mass is 35.5. The molecule has 0 atom stereocenters. The average molecular weight is 375 g/mol. The zero-order valence-corrected chi connectivity index (χ0v) is 16.6. The predicted molar refractivity (Wildman–Crippen MR) is 103 cm³/mol. The summed E-state index contributed by atoms with van der Waals surface area (Å²) in [5.41, 5.74) is 2.11. The molecule has 2 aromatic rings. The maximum Gasteiger partial charge on any atom is 0.276 e. The second-order valence-electron chi connectivity index (χ2n) is 7.21. The average Bonchev–Trinajstić information content (AvgIpc) is 2.51. The van der Waals surface area contributed by atoms with Crippen molar-refractivity contribution in [1.82, 2.24) is 15.3 Å². The molecule has 0 saturated carbocycles. The Bertz CT molecular complexity index is 873. The molecule has 1 aromatic carbocycles. The molecule has 7 heteroatoms. The second-order valence-corrected chi connectivity index (χ2v) is 7.65. The zero-order valence-electron chi connectivity index (χ0n) is 15.8. The molecule has 0 radical (unpaired) electrons. The van der Waals surface area contributed by atoms with E-state index in [0.29, 0.717) is 22.1 Å². The Hall–Kier alpha value is -2.47. The Morgan fingerprint density at radius 2 is 1.50 bits per heavy atom. The smallest absolute Gasteiger partial charge is 0.276 e. The van der Waals surface area contributed by atoms with Gasteiger partial charge in [0.15, 0.2) is 11.4 Å². The van der Waals surface area contributed by atoms with Crippen LogP contribution in [-0.2, 0) is 0 Å². The number of anilines is 1. The number of hydrogen-bond donors (Lipinski definition) is 2. The minimum absolute atomic E-state index is 0.000191. The molecule has 0 aliphatic heterocycles. The third kappa shape index (κ3) is 4.79. The molecule has 0 saturated heterocycles. The van der Waals surface area contributed by atoms with Crippen LogP contribution >= 0.6 is 11.6 Å². The Morgan fingerprint density at radius 3 is 2.04 bits per heavy atom. The van der Waals surface area contributed by atoms with E-state index in [9.17, 15) is 9.59 Å². The van der Waals surface area contributed by atoms with Crippen LogP contribution < -0.4 is 10.6 Å². The number of nitrogens with one attached hydrogen (secondary N) is 2. The number of carbonyl (C=O) groups excluding carboxylic acids is 2. The lowest BCUT2D eigenvalue weighted by molar-refractivity contribution is 0.0902. The van der Waals surface area contributed by atoms with Crippen LogP contribution in [0.1, 0.15) is 58.7 Å². The summed E-state index contributed by atoms with van der Waals surface area (Å²) in [7, 11) is 0. The van der Waals surface area contributed by atoms with Crippen molar-refractivity contribution in [2.45, 2.75) is 47.1 Å². The van der Waals surface area contributed by atoms with Crippen LogP contribution in [0.4, 0.5) is 5.69 Å². The van der Waals surface area contributed by atoms with Gasteiger partial charge in [0, 0.05) is 16.2 Å². The summed E-state index contributed by atoms with van der Waals surface area (Å²) in [6.07, 6.45) is 0. The molecular formula is C19H23ClN4O2. The van der Waals surface area contributed by atoms with Crippen LogP contribution in [0.5, 0.6) is 0 Å². The highest BCUT2D eigenvalue weighted by Crippen LogP contribution is 2.21. The molecule has 26 heavy (non-hydrogen) atoms. The van der Waals surface area contributed by atoms with E-state index in [0.717, 1.165) is 5.56 Å². The van der Waals surface area contributed by atoms with Crippen molar-refractivity contribution in [2.24, 2.45) is 0 Å². The number of halogens is 1. The fourth-order valence-corrected chi connectivity index (χ4v) is 2.40. The SMILES string of the molecule is Cc1ccc(Cl)cc1NC(=O)c1nc(C)c(C)nc1C(=O)NC(C)(C)C. The summed E-state index contributed by atoms with van der Waals surface area (Å²) in [5.74, 6) is -0.953. The molecule has 0 aliphatic rings. The summed E-state index contributed by atoms with van der Waals surface area (Å²) < 4.78 is 0. The van der Waals surface area contributed by atoms with Crippen molar-refractivity contribution < 1.29 is 9.59 Å². The molecule has 0 fully saturated rings. The molecule has 1 aromatic heterocycles. The summed E-state index contributed by atoms with van der Waals surface area (Å²) in [5, 5.41) is 6.09. The first-order chi connectivity index (χ1) is 12.0. The maximum absolute atomic E-state index is 12.8. The van der Waals surface area contributed by atoms with Crippen LogP contribution in [0, 0.1) is 20.8 Å². The third-order valence-electron chi connectivity index (χ3n) is 3.67. The topological polar surface area (TPSA) is 84.0 Å². The van der Waals surface area contributed by atoms with Crippen LogP contribution in [0.15, 0.2) is 18.2 Å². The lowest BCUT2D eigenvalue weighted by atomic mass is 10.1. The van der Waals surface area contributed by atoms with Gasteiger partial charge in [0.2, 0.25) is 0 Å². The zero-order chi connectivity index (χ0) is 19.6. The van der Waals surface area contributed by atoms with Gasteiger partial charge in [-0.1, -0.05) is 17.7 Å². The van der Waals surface area contributed by atoms with Crippen molar-refractivity contribution >= 4 is 29.1 Å². The van der Waals surface area contributed by atoms with Gasteiger partial charge in [-0.25, -0.2) is 9.97 Å². The van der Waals surface area contributed by atoms with Crippen LogP contribution in [0.25, 0.3) is 0 Å². The van der Waals surface area contributed by atoms with E-state index in [1.54, 1.807) is 32.0 Å². The van der Waals surface area contributed by atoms with Crippen LogP contribution in [0.3, 0.4) is 0 Å². The van der Waals surface area contributed by atoms with E-state index in [-0.39, 0.29) is 11.4 Å². The normalized spacial score (nSPS) is 11.2. The number of carbonyl (C=O) groups is 2.